The maximum atomic E-state index is 15.2. The fraction of sp³-hybridized carbons (Fsp3) is 0.310. The van der Waals surface area contributed by atoms with E-state index in [1.807, 2.05) is 0 Å². The molecule has 0 amide bonds. The van der Waals surface area contributed by atoms with Crippen LogP contribution in [0.4, 0.5) is 22.0 Å². The number of halogens is 5. The average Bonchev–Trinajstić information content (AvgIpc) is 2.85. The van der Waals surface area contributed by atoms with Crippen LogP contribution in [0.5, 0.6) is 0 Å². The van der Waals surface area contributed by atoms with Crippen molar-refractivity contribution >= 4 is 21.5 Å². The van der Waals surface area contributed by atoms with Crippen molar-refractivity contribution < 1.29 is 22.0 Å². The van der Waals surface area contributed by atoms with Gasteiger partial charge in [-0.1, -0.05) is 44.0 Å². The van der Waals surface area contributed by atoms with E-state index in [4.69, 9.17) is 0 Å². The molecule has 0 aromatic heterocycles. The maximum Gasteiger partial charge on any atom is 0.195 e. The SMILES string of the molecule is CCCC1CCC(c2cc3ccc(-c4ccc5c(F)c(F)c(F)cc5c4)cc3c(F)c2F)CC1. The Kier molecular flexibility index (Phi) is 6.05. The summed E-state index contributed by atoms with van der Waals surface area (Å²) in [6.45, 7) is 2.17. The quantitative estimate of drug-likeness (QED) is 0.207. The van der Waals surface area contributed by atoms with Crippen molar-refractivity contribution in [2.24, 2.45) is 5.92 Å². The largest absolute Gasteiger partial charge is 0.204 e. The van der Waals surface area contributed by atoms with E-state index in [1.165, 1.54) is 18.6 Å². The Labute approximate surface area is 195 Å². The zero-order chi connectivity index (χ0) is 24.0. The van der Waals surface area contributed by atoms with Crippen LogP contribution in [0.25, 0.3) is 32.7 Å². The molecule has 1 fully saturated rings. The van der Waals surface area contributed by atoms with Crippen LogP contribution in [-0.4, -0.2) is 0 Å². The van der Waals surface area contributed by atoms with Crippen LogP contribution < -0.4 is 0 Å². The lowest BCUT2D eigenvalue weighted by Crippen LogP contribution is -2.14. The molecule has 0 unspecified atom stereocenters. The van der Waals surface area contributed by atoms with Crippen molar-refractivity contribution in [3.63, 3.8) is 0 Å². The van der Waals surface area contributed by atoms with E-state index in [0.717, 1.165) is 38.2 Å². The molecule has 176 valence electrons. The Balaban J connectivity index is 1.51. The third-order valence-corrected chi connectivity index (χ3v) is 7.34. The van der Waals surface area contributed by atoms with Crippen LogP contribution in [0, 0.1) is 35.0 Å². The molecule has 0 spiro atoms. The third-order valence-electron chi connectivity index (χ3n) is 7.34. The van der Waals surface area contributed by atoms with Gasteiger partial charge in [0.2, 0.25) is 0 Å². The zero-order valence-electron chi connectivity index (χ0n) is 18.9. The highest BCUT2D eigenvalue weighted by molar-refractivity contribution is 5.92. The topological polar surface area (TPSA) is 0 Å². The first-order valence-electron chi connectivity index (χ1n) is 11.9. The van der Waals surface area contributed by atoms with E-state index in [2.05, 4.69) is 6.92 Å². The van der Waals surface area contributed by atoms with Crippen LogP contribution in [0.15, 0.2) is 48.5 Å². The van der Waals surface area contributed by atoms with Gasteiger partial charge in [0.1, 0.15) is 0 Å². The fourth-order valence-corrected chi connectivity index (χ4v) is 5.48. The van der Waals surface area contributed by atoms with Crippen molar-refractivity contribution in [3.05, 3.63) is 83.2 Å². The molecular formula is C29H25F5. The van der Waals surface area contributed by atoms with Crippen LogP contribution in [-0.2, 0) is 0 Å². The molecule has 0 heterocycles. The molecule has 5 heteroatoms. The summed E-state index contributed by atoms with van der Waals surface area (Å²) in [5, 5.41) is 0.928. The first-order chi connectivity index (χ1) is 16.4. The Morgan fingerprint density at radius 3 is 2.06 bits per heavy atom. The number of rotatable bonds is 4. The van der Waals surface area contributed by atoms with Crippen LogP contribution >= 0.6 is 0 Å². The molecule has 4 aromatic rings. The molecule has 1 aliphatic rings. The van der Waals surface area contributed by atoms with Gasteiger partial charge < -0.3 is 0 Å². The van der Waals surface area contributed by atoms with Gasteiger partial charge in [-0.25, -0.2) is 22.0 Å². The predicted octanol–water partition coefficient (Wildman–Crippen LogP) is 9.43. The van der Waals surface area contributed by atoms with Crippen molar-refractivity contribution in [1.82, 2.24) is 0 Å². The Bertz CT molecular complexity index is 1380. The van der Waals surface area contributed by atoms with Crippen LogP contribution in [0.2, 0.25) is 0 Å². The monoisotopic (exact) mass is 468 g/mol. The average molecular weight is 469 g/mol. The molecule has 0 saturated heterocycles. The van der Waals surface area contributed by atoms with Gasteiger partial charge in [-0.15, -0.1) is 0 Å². The van der Waals surface area contributed by atoms with E-state index < -0.39 is 29.1 Å². The molecule has 0 N–H and O–H groups in total. The molecule has 0 bridgehead atoms. The van der Waals surface area contributed by atoms with Gasteiger partial charge in [-0.3, -0.25) is 0 Å². The number of benzene rings is 4. The second kappa shape index (κ2) is 9.01. The van der Waals surface area contributed by atoms with Gasteiger partial charge in [-0.05, 0) is 89.2 Å². The summed E-state index contributed by atoms with van der Waals surface area (Å²) in [5.41, 5.74) is 1.59. The summed E-state index contributed by atoms with van der Waals surface area (Å²) in [6.07, 6.45) is 6.17. The van der Waals surface area contributed by atoms with E-state index in [1.54, 1.807) is 30.3 Å². The van der Waals surface area contributed by atoms with Crippen molar-refractivity contribution in [1.29, 1.82) is 0 Å². The molecule has 0 radical (unpaired) electrons. The number of hydrogen-bond acceptors (Lipinski definition) is 0. The summed E-state index contributed by atoms with van der Waals surface area (Å²) in [5.74, 6) is -4.99. The Morgan fingerprint density at radius 2 is 1.32 bits per heavy atom. The lowest BCUT2D eigenvalue weighted by Gasteiger charge is -2.29. The molecular weight excluding hydrogens is 443 g/mol. The minimum Gasteiger partial charge on any atom is -0.204 e. The molecule has 0 nitrogen and oxygen atoms in total. The van der Waals surface area contributed by atoms with Crippen LogP contribution in [0.3, 0.4) is 0 Å². The zero-order valence-corrected chi connectivity index (χ0v) is 18.9. The Morgan fingerprint density at radius 1 is 0.647 bits per heavy atom. The molecule has 0 aliphatic heterocycles. The summed E-state index contributed by atoms with van der Waals surface area (Å²) in [7, 11) is 0. The van der Waals surface area contributed by atoms with Crippen LogP contribution in [0.1, 0.15) is 56.9 Å². The number of fused-ring (bicyclic) bond motifs is 2. The lowest BCUT2D eigenvalue weighted by molar-refractivity contribution is 0.303. The molecule has 1 aliphatic carbocycles. The first kappa shape index (κ1) is 22.8. The van der Waals surface area contributed by atoms with Crippen molar-refractivity contribution in [2.75, 3.05) is 0 Å². The van der Waals surface area contributed by atoms with Gasteiger partial charge in [0.05, 0.1) is 0 Å². The van der Waals surface area contributed by atoms with Crippen molar-refractivity contribution in [3.8, 4) is 11.1 Å². The Hall–Kier alpha value is -2.95. The smallest absolute Gasteiger partial charge is 0.195 e. The van der Waals surface area contributed by atoms with Crippen molar-refractivity contribution in [2.45, 2.75) is 51.4 Å². The predicted molar refractivity (Wildman–Crippen MR) is 126 cm³/mol. The minimum absolute atomic E-state index is 0.0253. The van der Waals surface area contributed by atoms with E-state index in [0.29, 0.717) is 28.0 Å². The molecule has 4 aromatic carbocycles. The standard InChI is InChI=1S/C29H25F5/c1-2-3-16-4-6-17(7-5-16)23-14-20-9-8-19(13-24(20)28(33)27(23)32)18-10-11-22-21(12-18)15-25(30)29(34)26(22)31/h8-17H,2-7H2,1H3. The number of hydrogen-bond donors (Lipinski definition) is 0. The van der Waals surface area contributed by atoms with Gasteiger partial charge in [-0.2, -0.15) is 0 Å². The highest BCUT2D eigenvalue weighted by Gasteiger charge is 2.26. The molecule has 1 saturated carbocycles. The second-order valence-electron chi connectivity index (χ2n) is 9.46. The van der Waals surface area contributed by atoms with Gasteiger partial charge in [0.25, 0.3) is 0 Å². The molecule has 5 rings (SSSR count). The summed E-state index contributed by atoms with van der Waals surface area (Å²) >= 11 is 0. The first-order valence-corrected chi connectivity index (χ1v) is 11.9. The van der Waals surface area contributed by atoms with E-state index in [9.17, 15) is 13.2 Å². The maximum absolute atomic E-state index is 15.2. The minimum atomic E-state index is -1.52. The van der Waals surface area contributed by atoms with Gasteiger partial charge >= 0.3 is 0 Å². The normalized spacial score (nSPS) is 18.6. The lowest BCUT2D eigenvalue weighted by atomic mass is 9.76. The third kappa shape index (κ3) is 3.95. The second-order valence-corrected chi connectivity index (χ2v) is 9.46. The summed E-state index contributed by atoms with van der Waals surface area (Å²) in [6, 6.07) is 12.2. The van der Waals surface area contributed by atoms with Gasteiger partial charge in [0, 0.05) is 10.8 Å². The fourth-order valence-electron chi connectivity index (χ4n) is 5.48. The van der Waals surface area contributed by atoms with E-state index >= 15 is 8.78 Å². The highest BCUT2D eigenvalue weighted by atomic mass is 19.2. The molecule has 0 atom stereocenters. The highest BCUT2D eigenvalue weighted by Crippen LogP contribution is 2.41. The summed E-state index contributed by atoms with van der Waals surface area (Å²) in [4.78, 5) is 0. The van der Waals surface area contributed by atoms with Gasteiger partial charge in [0.15, 0.2) is 29.1 Å². The summed E-state index contributed by atoms with van der Waals surface area (Å²) < 4.78 is 71.6. The molecule has 34 heavy (non-hydrogen) atoms. The van der Waals surface area contributed by atoms with E-state index in [-0.39, 0.29) is 22.1 Å².